The molecule has 1 saturated carbocycles. The number of aromatic amines is 1. The molecule has 0 radical (unpaired) electrons. The minimum atomic E-state index is -0.917. The third kappa shape index (κ3) is 2.46. The van der Waals surface area contributed by atoms with E-state index in [9.17, 15) is 14.3 Å². The Hall–Kier alpha value is -3.06. The lowest BCUT2D eigenvalue weighted by atomic mass is 9.87. The molecule has 0 aromatic carbocycles. The van der Waals surface area contributed by atoms with E-state index < -0.39 is 11.8 Å². The third-order valence-corrected chi connectivity index (χ3v) is 5.99. The van der Waals surface area contributed by atoms with Gasteiger partial charge in [-0.05, 0) is 48.9 Å². The van der Waals surface area contributed by atoms with Gasteiger partial charge in [-0.25, -0.2) is 9.18 Å². The Labute approximate surface area is 160 Å². The Morgan fingerprint density at radius 1 is 1.25 bits per heavy atom. The van der Waals surface area contributed by atoms with Gasteiger partial charge in [0.1, 0.15) is 5.82 Å². The minimum absolute atomic E-state index is 0.256. The lowest BCUT2D eigenvalue weighted by Crippen LogP contribution is -2.23. The molecule has 6 nitrogen and oxygen atoms in total. The van der Waals surface area contributed by atoms with Crippen LogP contribution in [0.15, 0.2) is 30.7 Å². The molecule has 3 aromatic rings. The van der Waals surface area contributed by atoms with Gasteiger partial charge in [-0.15, -0.1) is 0 Å². The molecule has 0 unspecified atom stereocenters. The molecule has 0 spiro atoms. The zero-order chi connectivity index (χ0) is 19.5. The molecule has 3 aromatic heterocycles. The molecule has 0 amide bonds. The number of carboxylic acids is 1. The van der Waals surface area contributed by atoms with Gasteiger partial charge in [0.2, 0.25) is 0 Å². The number of rotatable bonds is 4. The molecular formula is C21H19FN4O2. The van der Waals surface area contributed by atoms with E-state index in [1.54, 1.807) is 12.4 Å². The highest BCUT2D eigenvalue weighted by molar-refractivity contribution is 5.95. The van der Waals surface area contributed by atoms with Crippen LogP contribution in [0.3, 0.4) is 0 Å². The van der Waals surface area contributed by atoms with Crippen LogP contribution < -0.4 is 5.73 Å². The summed E-state index contributed by atoms with van der Waals surface area (Å²) in [5.74, 6) is -1.34. The summed E-state index contributed by atoms with van der Waals surface area (Å²) in [6.07, 6.45) is 7.65. The number of hydrogen-bond acceptors (Lipinski definition) is 4. The van der Waals surface area contributed by atoms with E-state index in [1.807, 2.05) is 6.07 Å². The van der Waals surface area contributed by atoms with Crippen LogP contribution >= 0.6 is 0 Å². The van der Waals surface area contributed by atoms with Crippen LogP contribution in [0.25, 0.3) is 22.5 Å². The Morgan fingerprint density at radius 2 is 2.07 bits per heavy atom. The first kappa shape index (κ1) is 17.1. The van der Waals surface area contributed by atoms with Crippen molar-refractivity contribution in [2.75, 3.05) is 6.54 Å². The minimum Gasteiger partial charge on any atom is -0.478 e. The van der Waals surface area contributed by atoms with Crippen molar-refractivity contribution in [3.63, 3.8) is 0 Å². The van der Waals surface area contributed by atoms with Gasteiger partial charge in [-0.2, -0.15) is 0 Å². The van der Waals surface area contributed by atoms with Crippen molar-refractivity contribution in [3.8, 4) is 22.5 Å². The molecule has 0 bridgehead atoms. The Kier molecular flexibility index (Phi) is 3.64. The number of H-pyrrole nitrogens is 1. The van der Waals surface area contributed by atoms with Crippen molar-refractivity contribution in [1.82, 2.24) is 15.0 Å². The second-order valence-corrected chi connectivity index (χ2v) is 7.64. The van der Waals surface area contributed by atoms with Crippen LogP contribution in [0.5, 0.6) is 0 Å². The van der Waals surface area contributed by atoms with Gasteiger partial charge >= 0.3 is 5.97 Å². The molecule has 28 heavy (non-hydrogen) atoms. The molecule has 2 aliphatic carbocycles. The highest BCUT2D eigenvalue weighted by atomic mass is 19.1. The summed E-state index contributed by atoms with van der Waals surface area (Å²) >= 11 is 0. The zero-order valence-corrected chi connectivity index (χ0v) is 15.1. The summed E-state index contributed by atoms with van der Waals surface area (Å²) in [6, 6.07) is 3.28. The van der Waals surface area contributed by atoms with Gasteiger partial charge in [-0.1, -0.05) is 0 Å². The van der Waals surface area contributed by atoms with Crippen LogP contribution in [-0.4, -0.2) is 32.6 Å². The molecule has 0 saturated heterocycles. The number of aromatic nitrogens is 3. The molecule has 3 heterocycles. The maximum atomic E-state index is 13.6. The van der Waals surface area contributed by atoms with Crippen molar-refractivity contribution in [1.29, 1.82) is 0 Å². The molecular weight excluding hydrogens is 359 g/mol. The number of aryl methyl sites for hydroxylation is 1. The molecule has 7 heteroatoms. The fourth-order valence-corrected chi connectivity index (χ4v) is 4.24. The van der Waals surface area contributed by atoms with E-state index in [-0.39, 0.29) is 5.41 Å². The average Bonchev–Trinajstić information content (AvgIpc) is 3.39. The molecule has 0 atom stereocenters. The van der Waals surface area contributed by atoms with Crippen molar-refractivity contribution < 1.29 is 14.3 Å². The smallest absolute Gasteiger partial charge is 0.337 e. The number of nitrogens with two attached hydrogens (primary N) is 1. The van der Waals surface area contributed by atoms with E-state index in [4.69, 9.17) is 5.73 Å². The fraction of sp³-hybridized carbons (Fsp3) is 0.286. The topological polar surface area (TPSA) is 105 Å². The quantitative estimate of drug-likeness (QED) is 0.647. The molecule has 1 fully saturated rings. The van der Waals surface area contributed by atoms with E-state index in [0.717, 1.165) is 47.1 Å². The summed E-state index contributed by atoms with van der Waals surface area (Å²) in [5.41, 5.74) is 11.6. The first-order valence-electron chi connectivity index (χ1n) is 9.31. The molecule has 4 N–H and O–H groups in total. The van der Waals surface area contributed by atoms with Crippen molar-refractivity contribution in [3.05, 3.63) is 58.9 Å². The Balaban J connectivity index is 1.69. The normalized spacial score (nSPS) is 16.4. The number of nitrogens with zero attached hydrogens (tertiary/aromatic N) is 2. The second kappa shape index (κ2) is 5.97. The molecule has 0 aliphatic heterocycles. The number of halogens is 1. The van der Waals surface area contributed by atoms with E-state index in [0.29, 0.717) is 36.2 Å². The SMILES string of the molecule is NCC1(c2[nH]c3c(c2C(=O)O)CCc2cnc(-c4cncc(F)c4)cc2-3)CC1. The number of aromatic carboxylic acids is 1. The summed E-state index contributed by atoms with van der Waals surface area (Å²) < 4.78 is 13.6. The lowest BCUT2D eigenvalue weighted by Gasteiger charge is -2.17. The second-order valence-electron chi connectivity index (χ2n) is 7.64. The third-order valence-electron chi connectivity index (χ3n) is 5.99. The van der Waals surface area contributed by atoms with Crippen molar-refractivity contribution >= 4 is 5.97 Å². The van der Waals surface area contributed by atoms with Crippen molar-refractivity contribution in [2.45, 2.75) is 31.1 Å². The highest BCUT2D eigenvalue weighted by Gasteiger charge is 2.48. The van der Waals surface area contributed by atoms with Crippen LogP contribution in [0.1, 0.15) is 40.0 Å². The van der Waals surface area contributed by atoms with Crippen molar-refractivity contribution in [2.24, 2.45) is 5.73 Å². The first-order valence-corrected chi connectivity index (χ1v) is 9.31. The van der Waals surface area contributed by atoms with Crippen LogP contribution in [0.2, 0.25) is 0 Å². The maximum absolute atomic E-state index is 13.6. The van der Waals surface area contributed by atoms with E-state index in [2.05, 4.69) is 15.0 Å². The molecule has 5 rings (SSSR count). The number of carboxylic acid groups (broad SMARTS) is 1. The predicted octanol–water partition coefficient (Wildman–Crippen LogP) is 3.06. The monoisotopic (exact) mass is 378 g/mol. The summed E-state index contributed by atoms with van der Waals surface area (Å²) in [4.78, 5) is 23.8. The maximum Gasteiger partial charge on any atom is 0.337 e. The Bertz CT molecular complexity index is 1120. The number of hydrogen-bond donors (Lipinski definition) is 3. The van der Waals surface area contributed by atoms with Gasteiger partial charge in [0.15, 0.2) is 0 Å². The number of fused-ring (bicyclic) bond motifs is 3. The number of nitrogens with one attached hydrogen (secondary N) is 1. The first-order chi connectivity index (χ1) is 13.5. The number of carbonyl (C=O) groups is 1. The fourth-order valence-electron chi connectivity index (χ4n) is 4.24. The van der Waals surface area contributed by atoms with Gasteiger partial charge in [0.25, 0.3) is 0 Å². The summed E-state index contributed by atoms with van der Waals surface area (Å²) in [6.45, 7) is 0.427. The lowest BCUT2D eigenvalue weighted by molar-refractivity contribution is 0.0694. The van der Waals surface area contributed by atoms with Gasteiger partial charge < -0.3 is 15.8 Å². The van der Waals surface area contributed by atoms with Crippen LogP contribution in [0.4, 0.5) is 4.39 Å². The Morgan fingerprint density at radius 3 is 2.75 bits per heavy atom. The van der Waals surface area contributed by atoms with Crippen LogP contribution in [-0.2, 0) is 18.3 Å². The molecule has 2 aliphatic rings. The van der Waals surface area contributed by atoms with E-state index in [1.165, 1.54) is 6.07 Å². The predicted molar refractivity (Wildman–Crippen MR) is 102 cm³/mol. The zero-order valence-electron chi connectivity index (χ0n) is 15.1. The van der Waals surface area contributed by atoms with Gasteiger partial charge in [0, 0.05) is 41.2 Å². The van der Waals surface area contributed by atoms with E-state index >= 15 is 0 Å². The van der Waals surface area contributed by atoms with Gasteiger partial charge in [-0.3, -0.25) is 9.97 Å². The number of pyridine rings is 2. The molecule has 142 valence electrons. The largest absolute Gasteiger partial charge is 0.478 e. The van der Waals surface area contributed by atoms with Crippen LogP contribution in [0, 0.1) is 5.82 Å². The summed E-state index contributed by atoms with van der Waals surface area (Å²) in [7, 11) is 0. The average molecular weight is 378 g/mol. The standard InChI is InChI=1S/C21H19FN4O2/c22-13-5-12(7-24-9-13)16-6-15-11(8-25-16)1-2-14-17(20(27)28)19(26-18(14)15)21(10-23)3-4-21/h5-9,26H,1-4,10,23H2,(H,27,28). The summed E-state index contributed by atoms with van der Waals surface area (Å²) in [5, 5.41) is 9.89. The van der Waals surface area contributed by atoms with Gasteiger partial charge in [0.05, 0.1) is 23.1 Å². The highest BCUT2D eigenvalue weighted by Crippen LogP contribution is 2.51.